The van der Waals surface area contributed by atoms with Gasteiger partial charge in [-0.15, -0.1) is 11.3 Å². The van der Waals surface area contributed by atoms with Gasteiger partial charge in [-0.25, -0.2) is 13.6 Å². The highest BCUT2D eigenvalue weighted by Crippen LogP contribution is 2.35. The Kier molecular flexibility index (Phi) is 3.17. The molecule has 2 nitrogen and oxygen atoms in total. The molecule has 0 fully saturated rings. The first-order chi connectivity index (χ1) is 8.40. The Balaban J connectivity index is 2.62. The van der Waals surface area contributed by atoms with Crippen molar-refractivity contribution in [2.75, 3.05) is 0 Å². The molecular formula is C13H10F2O2S. The highest BCUT2D eigenvalue weighted by molar-refractivity contribution is 7.17. The van der Waals surface area contributed by atoms with Crippen LogP contribution in [0.4, 0.5) is 8.78 Å². The Morgan fingerprint density at radius 1 is 1.11 bits per heavy atom. The molecule has 94 valence electrons. The number of benzene rings is 1. The van der Waals surface area contributed by atoms with Gasteiger partial charge in [-0.3, -0.25) is 0 Å². The number of rotatable bonds is 2. The third-order valence-corrected chi connectivity index (χ3v) is 3.88. The summed E-state index contributed by atoms with van der Waals surface area (Å²) in [7, 11) is 0. The minimum atomic E-state index is -1.05. The monoisotopic (exact) mass is 268 g/mol. The van der Waals surface area contributed by atoms with Crippen molar-refractivity contribution in [2.24, 2.45) is 0 Å². The molecule has 2 rings (SSSR count). The Bertz CT molecular complexity index is 632. The van der Waals surface area contributed by atoms with Crippen LogP contribution in [0.5, 0.6) is 0 Å². The molecule has 2 aromatic rings. The fourth-order valence-corrected chi connectivity index (χ4v) is 2.72. The van der Waals surface area contributed by atoms with Crippen LogP contribution in [0.3, 0.4) is 0 Å². The molecule has 0 amide bonds. The van der Waals surface area contributed by atoms with E-state index >= 15 is 0 Å². The lowest BCUT2D eigenvalue weighted by atomic mass is 10.1. The van der Waals surface area contributed by atoms with Gasteiger partial charge in [0.25, 0.3) is 0 Å². The third-order valence-electron chi connectivity index (χ3n) is 2.62. The van der Waals surface area contributed by atoms with Crippen LogP contribution in [0, 0.1) is 25.5 Å². The van der Waals surface area contributed by atoms with E-state index in [1.54, 1.807) is 13.8 Å². The van der Waals surface area contributed by atoms with Crippen molar-refractivity contribution in [2.45, 2.75) is 13.8 Å². The minimum absolute atomic E-state index is 0.142. The minimum Gasteiger partial charge on any atom is -0.477 e. The maximum absolute atomic E-state index is 13.7. The first-order valence-electron chi connectivity index (χ1n) is 5.20. The molecule has 0 spiro atoms. The number of hydrogen-bond donors (Lipinski definition) is 1. The predicted octanol–water partition coefficient (Wildman–Crippen LogP) is 4.01. The molecule has 0 saturated carbocycles. The van der Waals surface area contributed by atoms with Crippen molar-refractivity contribution >= 4 is 17.3 Å². The molecule has 1 N–H and O–H groups in total. The summed E-state index contributed by atoms with van der Waals surface area (Å²) >= 11 is 0.987. The van der Waals surface area contributed by atoms with E-state index < -0.39 is 17.6 Å². The number of hydrogen-bond acceptors (Lipinski definition) is 2. The number of thiophene rings is 1. The van der Waals surface area contributed by atoms with Crippen LogP contribution in [0.25, 0.3) is 10.4 Å². The van der Waals surface area contributed by atoms with Crippen molar-refractivity contribution in [1.82, 2.24) is 0 Å². The zero-order valence-corrected chi connectivity index (χ0v) is 10.6. The summed E-state index contributed by atoms with van der Waals surface area (Å²) in [5.41, 5.74) is 1.24. The van der Waals surface area contributed by atoms with Gasteiger partial charge in [0.15, 0.2) is 0 Å². The third kappa shape index (κ3) is 2.13. The number of aromatic carboxylic acids is 1. The molecule has 1 heterocycles. The second kappa shape index (κ2) is 4.49. The Morgan fingerprint density at radius 2 is 1.78 bits per heavy atom. The standard InChI is InChI=1S/C13H10F2O2S/c1-6-3-8(10(15)5-9(6)14)12-7(2)4-11(18-12)13(16)17/h3-5H,1-2H3,(H,16,17). The van der Waals surface area contributed by atoms with Crippen LogP contribution >= 0.6 is 11.3 Å². The molecule has 18 heavy (non-hydrogen) atoms. The molecule has 0 aliphatic carbocycles. The molecule has 0 radical (unpaired) electrons. The number of carboxylic acids is 1. The molecule has 0 unspecified atom stereocenters. The lowest BCUT2D eigenvalue weighted by molar-refractivity contribution is 0.0702. The lowest BCUT2D eigenvalue weighted by Crippen LogP contribution is -1.90. The zero-order chi connectivity index (χ0) is 13.4. The van der Waals surface area contributed by atoms with Gasteiger partial charge in [0.2, 0.25) is 0 Å². The van der Waals surface area contributed by atoms with E-state index in [-0.39, 0.29) is 10.4 Å². The Morgan fingerprint density at radius 3 is 2.33 bits per heavy atom. The van der Waals surface area contributed by atoms with Crippen molar-refractivity contribution in [3.63, 3.8) is 0 Å². The van der Waals surface area contributed by atoms with E-state index in [0.29, 0.717) is 16.0 Å². The second-order valence-electron chi connectivity index (χ2n) is 4.01. The number of carbonyl (C=O) groups is 1. The summed E-state index contributed by atoms with van der Waals surface area (Å²) < 4.78 is 26.9. The van der Waals surface area contributed by atoms with Crippen LogP contribution < -0.4 is 0 Å². The van der Waals surface area contributed by atoms with Gasteiger partial charge in [0.1, 0.15) is 16.5 Å². The SMILES string of the molecule is Cc1cc(-c2sc(C(=O)O)cc2C)c(F)cc1F. The first kappa shape index (κ1) is 12.7. The Labute approximate surface area is 107 Å². The molecule has 1 aromatic carbocycles. The zero-order valence-electron chi connectivity index (χ0n) is 9.75. The van der Waals surface area contributed by atoms with Crippen LogP contribution in [-0.4, -0.2) is 11.1 Å². The fraction of sp³-hybridized carbons (Fsp3) is 0.154. The van der Waals surface area contributed by atoms with E-state index in [0.717, 1.165) is 17.4 Å². The fourth-order valence-electron chi connectivity index (χ4n) is 1.69. The highest BCUT2D eigenvalue weighted by atomic mass is 32.1. The maximum atomic E-state index is 13.7. The lowest BCUT2D eigenvalue weighted by Gasteiger charge is -2.04. The number of aryl methyl sites for hydroxylation is 2. The largest absolute Gasteiger partial charge is 0.477 e. The second-order valence-corrected chi connectivity index (χ2v) is 5.06. The average molecular weight is 268 g/mol. The summed E-state index contributed by atoms with van der Waals surface area (Å²) in [6.45, 7) is 3.25. The summed E-state index contributed by atoms with van der Waals surface area (Å²) in [5, 5.41) is 8.89. The topological polar surface area (TPSA) is 37.3 Å². The molecule has 0 atom stereocenters. The number of halogens is 2. The molecule has 0 aliphatic heterocycles. The van der Waals surface area contributed by atoms with Crippen molar-refractivity contribution in [3.05, 3.63) is 45.8 Å². The van der Waals surface area contributed by atoms with E-state index in [9.17, 15) is 13.6 Å². The normalized spacial score (nSPS) is 10.7. The molecule has 0 saturated heterocycles. The van der Waals surface area contributed by atoms with E-state index in [4.69, 9.17) is 5.11 Å². The average Bonchev–Trinajstić information content (AvgIpc) is 2.66. The summed E-state index contributed by atoms with van der Waals surface area (Å²) in [6, 6.07) is 3.71. The van der Waals surface area contributed by atoms with E-state index in [1.807, 2.05) is 0 Å². The Hall–Kier alpha value is -1.75. The van der Waals surface area contributed by atoms with Crippen LogP contribution in [0.2, 0.25) is 0 Å². The van der Waals surface area contributed by atoms with E-state index in [1.165, 1.54) is 12.1 Å². The number of carboxylic acid groups (broad SMARTS) is 1. The molecule has 1 aromatic heterocycles. The van der Waals surface area contributed by atoms with Crippen LogP contribution in [0.1, 0.15) is 20.8 Å². The quantitative estimate of drug-likeness (QED) is 0.893. The molecule has 0 aliphatic rings. The van der Waals surface area contributed by atoms with Crippen LogP contribution in [-0.2, 0) is 0 Å². The summed E-state index contributed by atoms with van der Waals surface area (Å²) in [6.07, 6.45) is 0. The maximum Gasteiger partial charge on any atom is 0.345 e. The van der Waals surface area contributed by atoms with Crippen LogP contribution in [0.15, 0.2) is 18.2 Å². The smallest absolute Gasteiger partial charge is 0.345 e. The molecule has 0 bridgehead atoms. The van der Waals surface area contributed by atoms with E-state index in [2.05, 4.69) is 0 Å². The van der Waals surface area contributed by atoms with Crippen molar-refractivity contribution in [3.8, 4) is 10.4 Å². The molecule has 5 heteroatoms. The van der Waals surface area contributed by atoms with Gasteiger partial charge in [-0.1, -0.05) is 0 Å². The van der Waals surface area contributed by atoms with Crippen molar-refractivity contribution in [1.29, 1.82) is 0 Å². The first-order valence-corrected chi connectivity index (χ1v) is 6.01. The van der Waals surface area contributed by atoms with Gasteiger partial charge < -0.3 is 5.11 Å². The van der Waals surface area contributed by atoms with Gasteiger partial charge in [-0.05, 0) is 37.1 Å². The summed E-state index contributed by atoms with van der Waals surface area (Å²) in [4.78, 5) is 11.5. The van der Waals surface area contributed by atoms with Gasteiger partial charge in [0.05, 0.1) is 0 Å². The molecular weight excluding hydrogens is 258 g/mol. The highest BCUT2D eigenvalue weighted by Gasteiger charge is 2.16. The predicted molar refractivity (Wildman–Crippen MR) is 66.1 cm³/mol. The van der Waals surface area contributed by atoms with Gasteiger partial charge in [-0.2, -0.15) is 0 Å². The van der Waals surface area contributed by atoms with Gasteiger partial charge >= 0.3 is 5.97 Å². The van der Waals surface area contributed by atoms with Crippen molar-refractivity contribution < 1.29 is 18.7 Å². The van der Waals surface area contributed by atoms with Gasteiger partial charge in [0, 0.05) is 16.5 Å². The summed E-state index contributed by atoms with van der Waals surface area (Å²) in [5.74, 6) is -2.34.